The van der Waals surface area contributed by atoms with E-state index in [2.05, 4.69) is 5.32 Å². The highest BCUT2D eigenvalue weighted by Crippen LogP contribution is 2.13. The van der Waals surface area contributed by atoms with Crippen LogP contribution in [0, 0.1) is 0 Å². The number of piperazine rings is 1. The van der Waals surface area contributed by atoms with Gasteiger partial charge in [-0.05, 0) is 31.2 Å². The number of hydrogen-bond acceptors (Lipinski definition) is 5. The first kappa shape index (κ1) is 18.4. The van der Waals surface area contributed by atoms with E-state index < -0.39 is 15.9 Å². The molecule has 2 rings (SSSR count). The van der Waals surface area contributed by atoms with E-state index in [0.717, 1.165) is 0 Å². The lowest BCUT2D eigenvalue weighted by Gasteiger charge is -2.36. The van der Waals surface area contributed by atoms with Crippen molar-refractivity contribution < 1.29 is 18.0 Å². The molecule has 3 N–H and O–H groups in total. The van der Waals surface area contributed by atoms with Crippen LogP contribution >= 0.6 is 0 Å². The third kappa shape index (κ3) is 4.53. The van der Waals surface area contributed by atoms with Crippen molar-refractivity contribution in [2.75, 3.05) is 37.8 Å². The summed E-state index contributed by atoms with van der Waals surface area (Å²) in [4.78, 5) is 25.3. The number of carbonyl (C=O) groups is 2. The molecule has 24 heavy (non-hydrogen) atoms. The topological polar surface area (TPSA) is 113 Å². The maximum Gasteiger partial charge on any atom is 0.248 e. The summed E-state index contributed by atoms with van der Waals surface area (Å²) in [6.07, 6.45) is 1.19. The zero-order chi connectivity index (χ0) is 17.9. The van der Waals surface area contributed by atoms with Crippen LogP contribution in [0.1, 0.15) is 17.3 Å². The summed E-state index contributed by atoms with van der Waals surface area (Å²) in [6, 6.07) is 5.95. The van der Waals surface area contributed by atoms with E-state index in [1.165, 1.54) is 10.6 Å². The van der Waals surface area contributed by atoms with Crippen molar-refractivity contribution >= 4 is 27.5 Å². The molecule has 0 spiro atoms. The van der Waals surface area contributed by atoms with Crippen LogP contribution in [0.4, 0.5) is 5.69 Å². The average molecular weight is 354 g/mol. The fourth-order valence-electron chi connectivity index (χ4n) is 2.55. The van der Waals surface area contributed by atoms with Crippen LogP contribution in [-0.4, -0.2) is 67.9 Å². The lowest BCUT2D eigenvalue weighted by molar-refractivity contribution is -0.121. The van der Waals surface area contributed by atoms with Crippen molar-refractivity contribution in [2.45, 2.75) is 13.0 Å². The number of primary amides is 1. The molecular formula is C15H22N4O4S. The predicted molar refractivity (Wildman–Crippen MR) is 91.0 cm³/mol. The number of nitrogens with one attached hydrogen (secondary N) is 1. The number of carbonyl (C=O) groups excluding carboxylic acids is 2. The quantitative estimate of drug-likeness (QED) is 0.753. The van der Waals surface area contributed by atoms with Gasteiger partial charge in [0.05, 0.1) is 12.3 Å². The van der Waals surface area contributed by atoms with Gasteiger partial charge in [-0.2, -0.15) is 4.31 Å². The minimum atomic E-state index is -3.19. The SMILES string of the molecule is C[C@H](C(=O)Nc1ccc(C(N)=O)cc1)N1CCN(S(C)(=O)=O)CC1. The van der Waals surface area contributed by atoms with Gasteiger partial charge in [-0.25, -0.2) is 8.42 Å². The Morgan fingerprint density at radius 3 is 2.12 bits per heavy atom. The number of hydrogen-bond donors (Lipinski definition) is 2. The standard InChI is InChI=1S/C15H22N4O4S/c1-11(18-7-9-19(10-8-18)24(2,22)23)15(21)17-13-5-3-12(4-6-13)14(16)20/h3-6,11H,7-10H2,1-2H3,(H2,16,20)(H,17,21)/t11-/m1/s1. The molecule has 1 heterocycles. The van der Waals surface area contributed by atoms with Gasteiger partial charge in [0, 0.05) is 37.4 Å². The maximum absolute atomic E-state index is 12.3. The molecule has 1 aliphatic heterocycles. The van der Waals surface area contributed by atoms with E-state index in [4.69, 9.17) is 5.73 Å². The number of sulfonamides is 1. The van der Waals surface area contributed by atoms with Crippen LogP contribution < -0.4 is 11.1 Å². The molecule has 0 aromatic heterocycles. The van der Waals surface area contributed by atoms with E-state index in [9.17, 15) is 18.0 Å². The Morgan fingerprint density at radius 1 is 1.12 bits per heavy atom. The molecule has 1 atom stereocenters. The molecule has 9 heteroatoms. The number of nitrogens with two attached hydrogens (primary N) is 1. The summed E-state index contributed by atoms with van der Waals surface area (Å²) in [7, 11) is -3.19. The van der Waals surface area contributed by atoms with Gasteiger partial charge in [-0.1, -0.05) is 0 Å². The van der Waals surface area contributed by atoms with Crippen molar-refractivity contribution in [3.05, 3.63) is 29.8 Å². The summed E-state index contributed by atoms with van der Waals surface area (Å²) < 4.78 is 24.4. The third-order valence-corrected chi connectivity index (χ3v) is 5.41. The third-order valence-electron chi connectivity index (χ3n) is 4.11. The lowest BCUT2D eigenvalue weighted by Crippen LogP contribution is -2.53. The Labute approximate surface area is 141 Å². The first-order valence-corrected chi connectivity index (χ1v) is 9.43. The molecular weight excluding hydrogens is 332 g/mol. The van der Waals surface area contributed by atoms with Gasteiger partial charge in [-0.15, -0.1) is 0 Å². The van der Waals surface area contributed by atoms with Crippen LogP contribution in [0.3, 0.4) is 0 Å². The van der Waals surface area contributed by atoms with Crippen molar-refractivity contribution in [2.24, 2.45) is 5.73 Å². The smallest absolute Gasteiger partial charge is 0.248 e. The Kier molecular flexibility index (Phi) is 5.58. The summed E-state index contributed by atoms with van der Waals surface area (Å²) >= 11 is 0. The predicted octanol–water partition coefficient (Wildman–Crippen LogP) is -0.310. The second kappa shape index (κ2) is 7.29. The Balaban J connectivity index is 1.92. The summed E-state index contributed by atoms with van der Waals surface area (Å²) in [6.45, 7) is 3.54. The second-order valence-electron chi connectivity index (χ2n) is 5.80. The van der Waals surface area contributed by atoms with Crippen molar-refractivity contribution in [3.8, 4) is 0 Å². The van der Waals surface area contributed by atoms with E-state index in [0.29, 0.717) is 37.4 Å². The van der Waals surface area contributed by atoms with Crippen LogP contribution in [0.2, 0.25) is 0 Å². The molecule has 1 aromatic carbocycles. The normalized spacial score (nSPS) is 18.1. The lowest BCUT2D eigenvalue weighted by atomic mass is 10.2. The van der Waals surface area contributed by atoms with Gasteiger partial charge < -0.3 is 11.1 Å². The minimum absolute atomic E-state index is 0.186. The highest BCUT2D eigenvalue weighted by molar-refractivity contribution is 7.88. The molecule has 8 nitrogen and oxygen atoms in total. The van der Waals surface area contributed by atoms with E-state index in [1.807, 2.05) is 4.90 Å². The zero-order valence-electron chi connectivity index (χ0n) is 13.7. The average Bonchev–Trinajstić information content (AvgIpc) is 2.54. The number of amides is 2. The Bertz CT molecular complexity index is 709. The minimum Gasteiger partial charge on any atom is -0.366 e. The molecule has 1 fully saturated rings. The molecule has 0 saturated carbocycles. The summed E-state index contributed by atoms with van der Waals surface area (Å²) in [5.74, 6) is -0.709. The molecule has 0 bridgehead atoms. The molecule has 132 valence electrons. The van der Waals surface area contributed by atoms with Crippen LogP contribution in [0.25, 0.3) is 0 Å². The summed E-state index contributed by atoms with van der Waals surface area (Å²) in [5.41, 5.74) is 6.12. The molecule has 1 aromatic rings. The number of benzene rings is 1. The van der Waals surface area contributed by atoms with Crippen LogP contribution in [0.15, 0.2) is 24.3 Å². The Morgan fingerprint density at radius 2 is 1.67 bits per heavy atom. The first-order chi connectivity index (χ1) is 11.2. The number of anilines is 1. The molecule has 1 saturated heterocycles. The van der Waals surface area contributed by atoms with E-state index in [-0.39, 0.29) is 11.9 Å². The van der Waals surface area contributed by atoms with Crippen LogP contribution in [-0.2, 0) is 14.8 Å². The van der Waals surface area contributed by atoms with Crippen molar-refractivity contribution in [1.29, 1.82) is 0 Å². The maximum atomic E-state index is 12.3. The van der Waals surface area contributed by atoms with Gasteiger partial charge in [0.15, 0.2) is 0 Å². The molecule has 2 amide bonds. The molecule has 0 aliphatic carbocycles. The Hall–Kier alpha value is -1.97. The second-order valence-corrected chi connectivity index (χ2v) is 7.79. The van der Waals surface area contributed by atoms with Crippen molar-refractivity contribution in [1.82, 2.24) is 9.21 Å². The van der Waals surface area contributed by atoms with Gasteiger partial charge in [0.1, 0.15) is 0 Å². The molecule has 1 aliphatic rings. The fourth-order valence-corrected chi connectivity index (χ4v) is 3.38. The highest BCUT2D eigenvalue weighted by Gasteiger charge is 2.28. The number of rotatable bonds is 5. The summed E-state index contributed by atoms with van der Waals surface area (Å²) in [5, 5.41) is 2.78. The van der Waals surface area contributed by atoms with E-state index in [1.54, 1.807) is 31.2 Å². The molecule has 0 radical (unpaired) electrons. The largest absolute Gasteiger partial charge is 0.366 e. The highest BCUT2D eigenvalue weighted by atomic mass is 32.2. The first-order valence-electron chi connectivity index (χ1n) is 7.58. The van der Waals surface area contributed by atoms with Crippen LogP contribution in [0.5, 0.6) is 0 Å². The monoisotopic (exact) mass is 354 g/mol. The van der Waals surface area contributed by atoms with E-state index >= 15 is 0 Å². The van der Waals surface area contributed by atoms with Gasteiger partial charge in [-0.3, -0.25) is 14.5 Å². The van der Waals surface area contributed by atoms with Gasteiger partial charge >= 0.3 is 0 Å². The van der Waals surface area contributed by atoms with Crippen molar-refractivity contribution in [3.63, 3.8) is 0 Å². The molecule has 0 unspecified atom stereocenters. The van der Waals surface area contributed by atoms with Gasteiger partial charge in [0.2, 0.25) is 21.8 Å². The fraction of sp³-hybridized carbons (Fsp3) is 0.467. The van der Waals surface area contributed by atoms with Gasteiger partial charge in [0.25, 0.3) is 0 Å². The zero-order valence-corrected chi connectivity index (χ0v) is 14.5. The number of nitrogens with zero attached hydrogens (tertiary/aromatic N) is 2.